The summed E-state index contributed by atoms with van der Waals surface area (Å²) in [6.07, 6.45) is 2.81. The molecular formula is C18H20N6O4S2. The number of amides is 2. The van der Waals surface area contributed by atoms with Gasteiger partial charge < -0.3 is 10.6 Å². The molecule has 2 N–H and O–H groups in total. The van der Waals surface area contributed by atoms with Crippen molar-refractivity contribution in [3.05, 3.63) is 54.4 Å². The molecule has 0 aliphatic rings. The van der Waals surface area contributed by atoms with Crippen LogP contribution in [0.3, 0.4) is 0 Å². The minimum Gasteiger partial charge on any atom is -0.325 e. The van der Waals surface area contributed by atoms with Gasteiger partial charge in [0, 0.05) is 18.4 Å². The van der Waals surface area contributed by atoms with E-state index in [-0.39, 0.29) is 16.7 Å². The fourth-order valence-electron chi connectivity index (χ4n) is 2.47. The van der Waals surface area contributed by atoms with Gasteiger partial charge in [-0.2, -0.15) is 9.40 Å². The Hall–Kier alpha value is -3.09. The zero-order chi connectivity index (χ0) is 21.7. The number of carbonyl (C=O) groups excluding carboxylic acids is 2. The zero-order valence-corrected chi connectivity index (χ0v) is 17.9. The second-order valence-corrected chi connectivity index (χ2v) is 9.58. The maximum Gasteiger partial charge on any atom is 0.252 e. The van der Waals surface area contributed by atoms with Gasteiger partial charge >= 0.3 is 0 Å². The SMILES string of the molecule is CC(C(=O)Nc1ccc(NC(=O)CN(C)S(=O)(=O)c2cccs2)cc1)n1cncn1. The van der Waals surface area contributed by atoms with Gasteiger partial charge in [0.15, 0.2) is 0 Å². The van der Waals surface area contributed by atoms with E-state index >= 15 is 0 Å². The maximum absolute atomic E-state index is 12.4. The van der Waals surface area contributed by atoms with Crippen molar-refractivity contribution in [2.75, 3.05) is 24.2 Å². The van der Waals surface area contributed by atoms with Gasteiger partial charge in [-0.15, -0.1) is 11.3 Å². The molecule has 12 heteroatoms. The number of rotatable bonds is 8. The van der Waals surface area contributed by atoms with Gasteiger partial charge in [0.1, 0.15) is 22.9 Å². The number of nitrogens with one attached hydrogen (secondary N) is 2. The second kappa shape index (κ2) is 9.15. The van der Waals surface area contributed by atoms with Crippen molar-refractivity contribution in [2.45, 2.75) is 17.2 Å². The van der Waals surface area contributed by atoms with E-state index in [0.29, 0.717) is 11.4 Å². The molecular weight excluding hydrogens is 428 g/mol. The summed E-state index contributed by atoms with van der Waals surface area (Å²) in [5.41, 5.74) is 1.02. The minimum absolute atomic E-state index is 0.179. The Labute approximate surface area is 177 Å². The number of hydrogen-bond donors (Lipinski definition) is 2. The Bertz CT molecular complexity index is 1100. The predicted octanol–water partition coefficient (Wildman–Crippen LogP) is 1.80. The lowest BCUT2D eigenvalue weighted by molar-refractivity contribution is -0.119. The van der Waals surface area contributed by atoms with Gasteiger partial charge in [-0.05, 0) is 42.6 Å². The van der Waals surface area contributed by atoms with Crippen molar-refractivity contribution in [1.29, 1.82) is 0 Å². The zero-order valence-electron chi connectivity index (χ0n) is 16.2. The lowest BCUT2D eigenvalue weighted by Crippen LogP contribution is -2.34. The van der Waals surface area contributed by atoms with Crippen molar-refractivity contribution >= 4 is 44.5 Å². The summed E-state index contributed by atoms with van der Waals surface area (Å²) < 4.78 is 27.4. The summed E-state index contributed by atoms with van der Waals surface area (Å²) in [4.78, 5) is 28.3. The lowest BCUT2D eigenvalue weighted by Gasteiger charge is -2.16. The monoisotopic (exact) mass is 448 g/mol. The van der Waals surface area contributed by atoms with Gasteiger partial charge in [-0.3, -0.25) is 9.59 Å². The minimum atomic E-state index is -3.70. The summed E-state index contributed by atoms with van der Waals surface area (Å²) >= 11 is 1.09. The lowest BCUT2D eigenvalue weighted by atomic mass is 10.2. The van der Waals surface area contributed by atoms with Crippen LogP contribution in [-0.4, -0.2) is 52.9 Å². The van der Waals surface area contributed by atoms with Crippen molar-refractivity contribution in [3.8, 4) is 0 Å². The maximum atomic E-state index is 12.4. The first-order valence-electron chi connectivity index (χ1n) is 8.82. The third-order valence-electron chi connectivity index (χ3n) is 4.17. The second-order valence-electron chi connectivity index (χ2n) is 6.36. The summed E-state index contributed by atoms with van der Waals surface area (Å²) in [6.45, 7) is 1.37. The van der Waals surface area contributed by atoms with Crippen LogP contribution in [-0.2, 0) is 19.6 Å². The van der Waals surface area contributed by atoms with E-state index in [1.165, 1.54) is 30.5 Å². The van der Waals surface area contributed by atoms with Crippen LogP contribution in [0.1, 0.15) is 13.0 Å². The molecule has 0 aliphatic heterocycles. The fourth-order valence-corrected chi connectivity index (χ4v) is 4.80. The highest BCUT2D eigenvalue weighted by molar-refractivity contribution is 7.91. The van der Waals surface area contributed by atoms with Gasteiger partial charge in [-0.1, -0.05) is 6.07 Å². The first-order valence-corrected chi connectivity index (χ1v) is 11.1. The molecule has 158 valence electrons. The Morgan fingerprint density at radius 3 is 2.40 bits per heavy atom. The van der Waals surface area contributed by atoms with Gasteiger partial charge in [-0.25, -0.2) is 18.1 Å². The van der Waals surface area contributed by atoms with E-state index in [1.807, 2.05) is 0 Å². The Morgan fingerprint density at radius 1 is 1.17 bits per heavy atom. The number of thiophene rings is 1. The van der Waals surface area contributed by atoms with Crippen molar-refractivity contribution in [2.24, 2.45) is 0 Å². The fraction of sp³-hybridized carbons (Fsp3) is 0.222. The number of hydrogen-bond acceptors (Lipinski definition) is 7. The number of sulfonamides is 1. The average molecular weight is 449 g/mol. The number of likely N-dealkylation sites (N-methyl/N-ethyl adjacent to an activating group) is 1. The molecule has 0 saturated heterocycles. The van der Waals surface area contributed by atoms with Crippen molar-refractivity contribution < 1.29 is 18.0 Å². The predicted molar refractivity (Wildman–Crippen MR) is 113 cm³/mol. The van der Waals surface area contributed by atoms with Gasteiger partial charge in [0.25, 0.3) is 10.0 Å². The Balaban J connectivity index is 1.55. The molecule has 1 unspecified atom stereocenters. The van der Waals surface area contributed by atoms with Crippen LogP contribution in [0.25, 0.3) is 0 Å². The van der Waals surface area contributed by atoms with Crippen molar-refractivity contribution in [3.63, 3.8) is 0 Å². The number of benzene rings is 1. The van der Waals surface area contributed by atoms with Crippen LogP contribution >= 0.6 is 11.3 Å². The van der Waals surface area contributed by atoms with E-state index in [0.717, 1.165) is 15.6 Å². The van der Waals surface area contributed by atoms with E-state index in [4.69, 9.17) is 0 Å². The van der Waals surface area contributed by atoms with Crippen LogP contribution in [0.15, 0.2) is 58.6 Å². The van der Waals surface area contributed by atoms with Gasteiger partial charge in [0.05, 0.1) is 6.54 Å². The summed E-state index contributed by atoms with van der Waals surface area (Å²) in [5.74, 6) is -0.744. The average Bonchev–Trinajstić information content (AvgIpc) is 3.43. The van der Waals surface area contributed by atoms with Crippen LogP contribution in [0.4, 0.5) is 11.4 Å². The summed E-state index contributed by atoms with van der Waals surface area (Å²) in [7, 11) is -2.35. The number of aromatic nitrogens is 3. The van der Waals surface area contributed by atoms with E-state index < -0.39 is 22.0 Å². The highest BCUT2D eigenvalue weighted by Crippen LogP contribution is 2.20. The molecule has 3 rings (SSSR count). The molecule has 0 bridgehead atoms. The molecule has 10 nitrogen and oxygen atoms in total. The van der Waals surface area contributed by atoms with Gasteiger partial charge in [0.2, 0.25) is 11.8 Å². The van der Waals surface area contributed by atoms with Crippen molar-refractivity contribution in [1.82, 2.24) is 19.1 Å². The standard InChI is InChI=1S/C18H20N6O4S2/c1-13(24-12-19-11-20-24)18(26)22-15-7-5-14(6-8-15)21-16(25)10-23(2)30(27,28)17-4-3-9-29-17/h3-9,11-13H,10H2,1-2H3,(H,21,25)(H,22,26). The molecule has 2 amide bonds. The molecule has 0 saturated carbocycles. The first kappa shape index (κ1) is 21.6. The largest absolute Gasteiger partial charge is 0.325 e. The molecule has 0 aliphatic carbocycles. The van der Waals surface area contributed by atoms with E-state index in [1.54, 1.807) is 42.6 Å². The van der Waals surface area contributed by atoms with E-state index in [2.05, 4.69) is 20.7 Å². The third kappa shape index (κ3) is 5.09. The molecule has 0 fully saturated rings. The molecule has 2 heterocycles. The molecule has 1 atom stereocenters. The topological polar surface area (TPSA) is 126 Å². The highest BCUT2D eigenvalue weighted by Gasteiger charge is 2.23. The van der Waals surface area contributed by atoms with Crippen LogP contribution in [0, 0.1) is 0 Å². The smallest absolute Gasteiger partial charge is 0.252 e. The van der Waals surface area contributed by atoms with E-state index in [9.17, 15) is 18.0 Å². The molecule has 30 heavy (non-hydrogen) atoms. The normalized spacial score (nSPS) is 12.5. The molecule has 2 aromatic heterocycles. The summed E-state index contributed by atoms with van der Waals surface area (Å²) in [6, 6.07) is 9.08. The molecule has 3 aromatic rings. The third-order valence-corrected chi connectivity index (χ3v) is 7.35. The Kier molecular flexibility index (Phi) is 6.59. The molecule has 0 radical (unpaired) electrons. The quantitative estimate of drug-likeness (QED) is 0.541. The number of nitrogens with zero attached hydrogens (tertiary/aromatic N) is 4. The summed E-state index contributed by atoms with van der Waals surface area (Å²) in [5, 5.41) is 11.0. The highest BCUT2D eigenvalue weighted by atomic mass is 32.2. The molecule has 0 spiro atoms. The number of carbonyl (C=O) groups is 2. The van der Waals surface area contributed by atoms with Crippen LogP contribution in [0.5, 0.6) is 0 Å². The van der Waals surface area contributed by atoms with Crippen LogP contribution < -0.4 is 10.6 Å². The molecule has 1 aromatic carbocycles. The number of anilines is 2. The van der Waals surface area contributed by atoms with Crippen LogP contribution in [0.2, 0.25) is 0 Å². The Morgan fingerprint density at radius 2 is 1.83 bits per heavy atom. The first-order chi connectivity index (χ1) is 14.3.